The lowest BCUT2D eigenvalue weighted by Crippen LogP contribution is -2.45. The van der Waals surface area contributed by atoms with Gasteiger partial charge < -0.3 is 39.1 Å². The molecule has 60 heavy (non-hydrogen) atoms. The van der Waals surface area contributed by atoms with E-state index in [0.29, 0.717) is 38.9 Å². The zero-order valence-electron chi connectivity index (χ0n) is 35.8. The van der Waals surface area contributed by atoms with Crippen molar-refractivity contribution in [1.82, 2.24) is 10.6 Å². The van der Waals surface area contributed by atoms with Crippen LogP contribution in [0.3, 0.4) is 0 Å². The van der Waals surface area contributed by atoms with E-state index in [2.05, 4.69) is 55.8 Å². The van der Waals surface area contributed by atoms with E-state index in [1.165, 1.54) is 0 Å². The highest BCUT2D eigenvalue weighted by molar-refractivity contribution is 14.1. The van der Waals surface area contributed by atoms with Crippen LogP contribution >= 0.6 is 45.2 Å². The summed E-state index contributed by atoms with van der Waals surface area (Å²) in [5.74, 6) is 0.651. The molecule has 3 aromatic carbocycles. The molecule has 0 aromatic heterocycles. The molecule has 2 N–H and O–H groups in total. The largest absolute Gasteiger partial charge is 0.492 e. The van der Waals surface area contributed by atoms with Crippen molar-refractivity contribution >= 4 is 69.3 Å². The summed E-state index contributed by atoms with van der Waals surface area (Å²) in [5.41, 5.74) is 0.451. The smallest absolute Gasteiger partial charge is 0.408 e. The second-order valence-corrected chi connectivity index (χ2v) is 18.7. The number of carbonyl (C=O) groups excluding carboxylic acids is 4. The van der Waals surface area contributed by atoms with E-state index in [9.17, 15) is 19.2 Å². The Balaban J connectivity index is 1.29. The molecule has 330 valence electrons. The van der Waals surface area contributed by atoms with E-state index in [1.807, 2.05) is 72.8 Å². The summed E-state index contributed by atoms with van der Waals surface area (Å²) in [6, 6.07) is 21.2. The Morgan fingerprint density at radius 2 is 0.850 bits per heavy atom. The normalized spacial score (nSPS) is 12.4. The molecule has 1 unspecified atom stereocenters. The van der Waals surface area contributed by atoms with Gasteiger partial charge in [-0.2, -0.15) is 0 Å². The average molecular weight is 1060 g/mol. The molecule has 0 aliphatic rings. The Kier molecular flexibility index (Phi) is 22.3. The van der Waals surface area contributed by atoms with Crippen molar-refractivity contribution in [2.24, 2.45) is 0 Å². The van der Waals surface area contributed by atoms with E-state index < -0.39 is 47.4 Å². The first-order valence-corrected chi connectivity index (χ1v) is 22.8. The molecule has 3 rings (SSSR count). The zero-order chi connectivity index (χ0) is 44.0. The van der Waals surface area contributed by atoms with Gasteiger partial charge in [0.1, 0.15) is 34.8 Å². The molecular formula is C46H62I2N2O10. The number of halogens is 2. The number of ether oxygens (including phenoxy) is 6. The number of unbranched alkanes of at least 4 members (excludes halogenated alkanes) is 6. The number of hydrogen-bond acceptors (Lipinski definition) is 10. The van der Waals surface area contributed by atoms with Crippen LogP contribution in [0.4, 0.5) is 9.59 Å². The lowest BCUT2D eigenvalue weighted by Gasteiger charge is -2.23. The van der Waals surface area contributed by atoms with Crippen molar-refractivity contribution in [2.45, 2.75) is 129 Å². The molecular weight excluding hydrogens is 994 g/mol. The third-order valence-electron chi connectivity index (χ3n) is 8.58. The van der Waals surface area contributed by atoms with Gasteiger partial charge in [-0.15, -0.1) is 0 Å². The van der Waals surface area contributed by atoms with Gasteiger partial charge >= 0.3 is 24.1 Å². The second-order valence-electron chi connectivity index (χ2n) is 16.4. The topological polar surface area (TPSA) is 148 Å². The van der Waals surface area contributed by atoms with E-state index in [-0.39, 0.29) is 13.2 Å². The van der Waals surface area contributed by atoms with Gasteiger partial charge in [0.05, 0.1) is 33.6 Å². The van der Waals surface area contributed by atoms with E-state index in [0.717, 1.165) is 68.3 Å². The quantitative estimate of drug-likeness (QED) is 0.0385. The molecule has 0 aliphatic carbocycles. The second kappa shape index (κ2) is 26.5. The van der Waals surface area contributed by atoms with Crippen LogP contribution in [0.1, 0.15) is 104 Å². The van der Waals surface area contributed by atoms with Crippen molar-refractivity contribution in [2.75, 3.05) is 26.4 Å². The van der Waals surface area contributed by atoms with Crippen molar-refractivity contribution in [3.8, 4) is 11.5 Å². The monoisotopic (exact) mass is 1060 g/mol. The zero-order valence-corrected chi connectivity index (χ0v) is 40.1. The first kappa shape index (κ1) is 50.6. The van der Waals surface area contributed by atoms with Crippen LogP contribution in [-0.2, 0) is 41.4 Å². The van der Waals surface area contributed by atoms with Gasteiger partial charge in [0.15, 0.2) is 0 Å². The molecule has 2 atom stereocenters. The molecule has 12 nitrogen and oxygen atoms in total. The number of amides is 2. The van der Waals surface area contributed by atoms with Gasteiger partial charge in [0, 0.05) is 12.8 Å². The number of esters is 2. The lowest BCUT2D eigenvalue weighted by atomic mass is 10.1. The van der Waals surface area contributed by atoms with Gasteiger partial charge in [-0.3, -0.25) is 0 Å². The fraction of sp³-hybridized carbons (Fsp3) is 0.522. The molecule has 0 heterocycles. The summed E-state index contributed by atoms with van der Waals surface area (Å²) in [7, 11) is 0. The van der Waals surface area contributed by atoms with Crippen molar-refractivity contribution < 1.29 is 47.6 Å². The summed E-state index contributed by atoms with van der Waals surface area (Å²) in [6.07, 6.45) is 5.98. The van der Waals surface area contributed by atoms with Crippen molar-refractivity contribution in [1.29, 1.82) is 0 Å². The average Bonchev–Trinajstić information content (AvgIpc) is 3.17. The first-order valence-electron chi connectivity index (χ1n) is 20.6. The molecule has 3 aromatic rings. The molecule has 2 amide bonds. The van der Waals surface area contributed by atoms with Crippen LogP contribution < -0.4 is 20.1 Å². The Morgan fingerprint density at radius 3 is 1.18 bits per heavy atom. The minimum atomic E-state index is -0.850. The van der Waals surface area contributed by atoms with Gasteiger partial charge in [0.25, 0.3) is 0 Å². The highest BCUT2D eigenvalue weighted by Crippen LogP contribution is 2.31. The fourth-order valence-electron chi connectivity index (χ4n) is 5.74. The summed E-state index contributed by atoms with van der Waals surface area (Å²) in [4.78, 5) is 50.7. The lowest BCUT2D eigenvalue weighted by molar-refractivity contribution is -0.147. The van der Waals surface area contributed by atoms with Crippen LogP contribution in [0.2, 0.25) is 0 Å². The first-order chi connectivity index (χ1) is 28.5. The maximum absolute atomic E-state index is 12.9. The van der Waals surface area contributed by atoms with Crippen LogP contribution in [0.5, 0.6) is 11.5 Å². The fourth-order valence-corrected chi connectivity index (χ4v) is 6.93. The molecule has 0 bridgehead atoms. The maximum atomic E-state index is 12.9. The Bertz CT molecular complexity index is 1640. The van der Waals surface area contributed by atoms with E-state index in [4.69, 9.17) is 28.4 Å². The van der Waals surface area contributed by atoms with E-state index >= 15 is 0 Å². The molecule has 0 fully saturated rings. The van der Waals surface area contributed by atoms with Crippen LogP contribution in [0, 0.1) is 7.14 Å². The molecule has 0 radical (unpaired) electrons. The third-order valence-corrected chi connectivity index (χ3v) is 10.3. The molecule has 0 saturated heterocycles. The third kappa shape index (κ3) is 21.6. The SMILES string of the molecule is CC(C)(C)OC(=O)NC(Cc1ccccc1)C(=O)OCCCCCCOc1cc(I)c(OCCCCCCOC(=O)[C@H](Cc2ccccc2)NC(=O)OC(C)(C)C)cc1I. The minimum Gasteiger partial charge on any atom is -0.492 e. The predicted octanol–water partition coefficient (Wildman–Crippen LogP) is 10.1. The molecule has 0 saturated carbocycles. The summed E-state index contributed by atoms with van der Waals surface area (Å²) in [5, 5.41) is 5.34. The maximum Gasteiger partial charge on any atom is 0.408 e. The molecule has 0 spiro atoms. The van der Waals surface area contributed by atoms with Gasteiger partial charge in [-0.1, -0.05) is 60.7 Å². The molecule has 14 heteroatoms. The number of hydrogen-bond donors (Lipinski definition) is 2. The molecule has 0 aliphatic heterocycles. The van der Waals surface area contributed by atoms with Crippen LogP contribution in [-0.4, -0.2) is 73.8 Å². The van der Waals surface area contributed by atoms with Crippen molar-refractivity contribution in [3.63, 3.8) is 0 Å². The van der Waals surface area contributed by atoms with Gasteiger partial charge in [-0.05, 0) is 161 Å². The number of carbonyl (C=O) groups is 4. The Labute approximate surface area is 383 Å². The summed E-state index contributed by atoms with van der Waals surface area (Å²) >= 11 is 4.52. The highest BCUT2D eigenvalue weighted by atomic mass is 127. The standard InChI is InChI=1S/C46H62I2N2O10/c1-45(2,3)59-43(53)49-37(29-33-21-13-11-14-22-33)41(51)57-27-19-9-7-17-25-55-39-31-36(48)40(32-35(39)47)56-26-18-8-10-20-28-58-42(52)38(30-34-23-15-12-16-24-34)50-44(54)60-46(4,5)6/h11-16,21-24,31-32,37-38H,7-10,17-20,25-30H2,1-6H3,(H,49,53)(H,50,54)/t37-,38?/m0/s1. The summed E-state index contributed by atoms with van der Waals surface area (Å²) < 4.78 is 35.9. The highest BCUT2D eigenvalue weighted by Gasteiger charge is 2.27. The van der Waals surface area contributed by atoms with Crippen LogP contribution in [0.15, 0.2) is 72.8 Å². The van der Waals surface area contributed by atoms with Crippen LogP contribution in [0.25, 0.3) is 0 Å². The Hall–Kier alpha value is -3.80. The summed E-state index contributed by atoms with van der Waals surface area (Å²) in [6.45, 7) is 12.3. The number of alkyl carbamates (subject to hydrolysis) is 2. The van der Waals surface area contributed by atoms with Crippen molar-refractivity contribution in [3.05, 3.63) is 91.1 Å². The number of rotatable bonds is 24. The van der Waals surface area contributed by atoms with E-state index in [1.54, 1.807) is 41.5 Å². The Morgan fingerprint density at radius 1 is 0.517 bits per heavy atom. The van der Waals surface area contributed by atoms with Gasteiger partial charge in [-0.25, -0.2) is 19.2 Å². The number of benzene rings is 3. The predicted molar refractivity (Wildman–Crippen MR) is 248 cm³/mol. The number of nitrogens with one attached hydrogen (secondary N) is 2. The van der Waals surface area contributed by atoms with Gasteiger partial charge in [0.2, 0.25) is 0 Å². The minimum absolute atomic E-state index is 0.264.